The van der Waals surface area contributed by atoms with Crippen LogP contribution in [0, 0.1) is 0 Å². The molecule has 9 heteroatoms. The van der Waals surface area contributed by atoms with Gasteiger partial charge >= 0.3 is 11.2 Å². The van der Waals surface area contributed by atoms with Crippen molar-refractivity contribution >= 4 is 23.4 Å². The van der Waals surface area contributed by atoms with Gasteiger partial charge in [0.25, 0.3) is 5.56 Å². The number of thioether (sulfide) groups is 1. The number of H-pyrrole nitrogens is 1. The highest BCUT2D eigenvalue weighted by Crippen LogP contribution is 2.29. The second-order valence-corrected chi connectivity index (χ2v) is 4.29. The Labute approximate surface area is 96.4 Å². The lowest BCUT2D eigenvalue weighted by atomic mass is 10.6. The van der Waals surface area contributed by atoms with Crippen LogP contribution in [-0.2, 0) is 6.54 Å². The van der Waals surface area contributed by atoms with Crippen LogP contribution in [-0.4, -0.2) is 20.8 Å². The average molecular weight is 275 g/mol. The van der Waals surface area contributed by atoms with E-state index >= 15 is 0 Å². The van der Waals surface area contributed by atoms with Crippen molar-refractivity contribution < 1.29 is 13.2 Å². The van der Waals surface area contributed by atoms with Gasteiger partial charge in [0.15, 0.2) is 0 Å². The van der Waals surface area contributed by atoms with Crippen molar-refractivity contribution in [1.82, 2.24) is 9.55 Å². The molecule has 1 N–H and O–H groups in total. The molecule has 0 aliphatic carbocycles. The standard InChI is InChI=1S/C7H6ClF3N2O2S/c8-4-3-13(6(15)12-5(4)14)1-2-16-7(9,10)11/h3H,1-2H2,(H,12,14,15). The zero-order valence-electron chi connectivity index (χ0n) is 7.68. The normalized spacial score (nSPS) is 11.8. The molecule has 1 heterocycles. The van der Waals surface area contributed by atoms with Gasteiger partial charge in [-0.1, -0.05) is 11.6 Å². The van der Waals surface area contributed by atoms with Gasteiger partial charge in [0.2, 0.25) is 0 Å². The third-order valence-electron chi connectivity index (χ3n) is 1.57. The molecule has 1 aromatic rings. The van der Waals surface area contributed by atoms with E-state index in [1.807, 2.05) is 4.98 Å². The molecular formula is C7H6ClF3N2O2S. The van der Waals surface area contributed by atoms with Crippen LogP contribution in [0.4, 0.5) is 13.2 Å². The summed E-state index contributed by atoms with van der Waals surface area (Å²) < 4.78 is 36.3. The van der Waals surface area contributed by atoms with Gasteiger partial charge in [0.1, 0.15) is 5.02 Å². The van der Waals surface area contributed by atoms with E-state index in [2.05, 4.69) is 0 Å². The van der Waals surface area contributed by atoms with Crippen LogP contribution in [0.25, 0.3) is 0 Å². The Morgan fingerprint density at radius 1 is 1.44 bits per heavy atom. The third-order valence-corrected chi connectivity index (χ3v) is 2.55. The number of hydrogen-bond donors (Lipinski definition) is 1. The molecule has 0 aliphatic rings. The Hall–Kier alpha value is -0.890. The molecule has 0 bridgehead atoms. The number of hydrogen-bond acceptors (Lipinski definition) is 3. The molecule has 0 fully saturated rings. The maximum absolute atomic E-state index is 11.8. The SMILES string of the molecule is O=c1[nH]c(=O)n(CCSC(F)(F)F)cc1Cl. The molecule has 0 unspecified atom stereocenters. The molecule has 1 rings (SSSR count). The molecular weight excluding hydrogens is 269 g/mol. The Morgan fingerprint density at radius 3 is 2.62 bits per heavy atom. The fourth-order valence-electron chi connectivity index (χ4n) is 0.909. The van der Waals surface area contributed by atoms with Gasteiger partial charge in [-0.15, -0.1) is 0 Å². The minimum Gasteiger partial charge on any atom is -0.298 e. The number of halogens is 4. The Kier molecular flexibility index (Phi) is 4.09. The number of rotatable bonds is 3. The molecule has 1 aromatic heterocycles. The highest BCUT2D eigenvalue weighted by atomic mass is 35.5. The molecule has 90 valence electrons. The van der Waals surface area contributed by atoms with E-state index in [-0.39, 0.29) is 29.1 Å². The lowest BCUT2D eigenvalue weighted by molar-refractivity contribution is -0.0328. The molecule has 0 radical (unpaired) electrons. The van der Waals surface area contributed by atoms with E-state index in [4.69, 9.17) is 11.6 Å². The minimum absolute atomic E-state index is 0.181. The smallest absolute Gasteiger partial charge is 0.298 e. The maximum Gasteiger partial charge on any atom is 0.441 e. The monoisotopic (exact) mass is 274 g/mol. The first-order valence-electron chi connectivity index (χ1n) is 3.99. The molecule has 0 aliphatic heterocycles. The van der Waals surface area contributed by atoms with Gasteiger partial charge in [0, 0.05) is 18.5 Å². The van der Waals surface area contributed by atoms with Gasteiger partial charge in [-0.05, 0) is 11.8 Å². The molecule has 0 amide bonds. The van der Waals surface area contributed by atoms with Crippen LogP contribution in [0.15, 0.2) is 15.8 Å². The highest BCUT2D eigenvalue weighted by molar-refractivity contribution is 8.00. The zero-order chi connectivity index (χ0) is 12.3. The Bertz CT molecular complexity index is 482. The van der Waals surface area contributed by atoms with Crippen LogP contribution >= 0.6 is 23.4 Å². The van der Waals surface area contributed by atoms with E-state index in [0.717, 1.165) is 10.8 Å². The number of nitrogens with one attached hydrogen (secondary N) is 1. The van der Waals surface area contributed by atoms with Crippen molar-refractivity contribution in [3.63, 3.8) is 0 Å². The first-order chi connectivity index (χ1) is 7.29. The predicted octanol–water partition coefficient (Wildman–Crippen LogP) is 1.44. The molecule has 0 aromatic carbocycles. The molecule has 16 heavy (non-hydrogen) atoms. The van der Waals surface area contributed by atoms with Crippen molar-refractivity contribution in [3.05, 3.63) is 32.1 Å². The lowest BCUT2D eigenvalue weighted by Gasteiger charge is -2.07. The fraction of sp³-hybridized carbons (Fsp3) is 0.429. The summed E-state index contributed by atoms with van der Waals surface area (Å²) >= 11 is 5.17. The third kappa shape index (κ3) is 3.93. The van der Waals surface area contributed by atoms with E-state index in [0.29, 0.717) is 0 Å². The van der Waals surface area contributed by atoms with Crippen molar-refractivity contribution in [2.75, 3.05) is 5.75 Å². The second kappa shape index (κ2) is 4.96. The summed E-state index contributed by atoms with van der Waals surface area (Å²) in [7, 11) is 0. The topological polar surface area (TPSA) is 54.9 Å². The van der Waals surface area contributed by atoms with E-state index in [9.17, 15) is 22.8 Å². The van der Waals surface area contributed by atoms with E-state index < -0.39 is 16.8 Å². The molecule has 0 saturated carbocycles. The van der Waals surface area contributed by atoms with Crippen molar-refractivity contribution in [2.24, 2.45) is 0 Å². The lowest BCUT2D eigenvalue weighted by Crippen LogP contribution is -2.30. The maximum atomic E-state index is 11.8. The first-order valence-corrected chi connectivity index (χ1v) is 5.36. The summed E-state index contributed by atoms with van der Waals surface area (Å²) in [6.45, 7) is -0.181. The second-order valence-electron chi connectivity index (χ2n) is 2.72. The van der Waals surface area contributed by atoms with Crippen LogP contribution in [0.5, 0.6) is 0 Å². The number of alkyl halides is 3. The Morgan fingerprint density at radius 2 is 2.06 bits per heavy atom. The van der Waals surface area contributed by atoms with Crippen LogP contribution in [0.3, 0.4) is 0 Å². The number of aromatic nitrogens is 2. The number of nitrogens with zero attached hydrogens (tertiary/aromatic N) is 1. The summed E-state index contributed by atoms with van der Waals surface area (Å²) in [6.07, 6.45) is 1.01. The van der Waals surface area contributed by atoms with Crippen LogP contribution < -0.4 is 11.2 Å². The van der Waals surface area contributed by atoms with Gasteiger partial charge in [-0.3, -0.25) is 14.3 Å². The highest BCUT2D eigenvalue weighted by Gasteiger charge is 2.27. The zero-order valence-corrected chi connectivity index (χ0v) is 9.25. The van der Waals surface area contributed by atoms with Gasteiger partial charge < -0.3 is 0 Å². The molecule has 0 spiro atoms. The number of aryl methyl sites for hydroxylation is 1. The van der Waals surface area contributed by atoms with Crippen molar-refractivity contribution in [1.29, 1.82) is 0 Å². The number of aromatic amines is 1. The van der Waals surface area contributed by atoms with E-state index in [1.165, 1.54) is 0 Å². The first kappa shape index (κ1) is 13.2. The van der Waals surface area contributed by atoms with Crippen molar-refractivity contribution in [3.8, 4) is 0 Å². The summed E-state index contributed by atoms with van der Waals surface area (Å²) in [4.78, 5) is 23.8. The molecule has 0 atom stereocenters. The summed E-state index contributed by atoms with van der Waals surface area (Å²) in [5, 5.41) is -0.239. The van der Waals surface area contributed by atoms with Crippen LogP contribution in [0.2, 0.25) is 5.02 Å². The fourth-order valence-corrected chi connectivity index (χ4v) is 1.59. The summed E-state index contributed by atoms with van der Waals surface area (Å²) in [5.74, 6) is -0.328. The molecule has 0 saturated heterocycles. The minimum atomic E-state index is -4.34. The van der Waals surface area contributed by atoms with Crippen molar-refractivity contribution in [2.45, 2.75) is 12.1 Å². The predicted molar refractivity (Wildman–Crippen MR) is 54.8 cm³/mol. The Balaban J connectivity index is 2.72. The van der Waals surface area contributed by atoms with Gasteiger partial charge in [0.05, 0.1) is 0 Å². The average Bonchev–Trinajstić information content (AvgIpc) is 2.11. The summed E-state index contributed by atoms with van der Waals surface area (Å²) in [5.41, 5.74) is -5.88. The van der Waals surface area contributed by atoms with Gasteiger partial charge in [-0.25, -0.2) is 4.79 Å². The quantitative estimate of drug-likeness (QED) is 0.907. The molecule has 4 nitrogen and oxygen atoms in total. The van der Waals surface area contributed by atoms with E-state index in [1.54, 1.807) is 0 Å². The largest absolute Gasteiger partial charge is 0.441 e. The summed E-state index contributed by atoms with van der Waals surface area (Å²) in [6, 6.07) is 0. The van der Waals surface area contributed by atoms with Crippen LogP contribution in [0.1, 0.15) is 0 Å². The van der Waals surface area contributed by atoms with Gasteiger partial charge in [-0.2, -0.15) is 13.2 Å².